The number of piperidine rings is 1. The Balaban J connectivity index is 1.62. The molecule has 7 heteroatoms. The molecule has 134 valence electrons. The number of rotatable bonds is 6. The standard InChI is InChI=1S/C16H30N2O4S/c1-13-5-3-4-6-15(13)22-12-16(19)17-11-14-7-9-18(10-8-14)23(2,20)21/h13-15H,3-12H2,1-2H3,(H,17,19)/t13-,15-/m1/s1. The zero-order valence-corrected chi connectivity index (χ0v) is 15.1. The summed E-state index contributed by atoms with van der Waals surface area (Å²) in [5.41, 5.74) is 0. The SMILES string of the molecule is C[C@@H]1CCCC[C@H]1OCC(=O)NCC1CCN(S(C)(=O)=O)CC1. The Morgan fingerprint density at radius 2 is 1.83 bits per heavy atom. The summed E-state index contributed by atoms with van der Waals surface area (Å²) in [5, 5.41) is 2.93. The number of hydrogen-bond donors (Lipinski definition) is 1. The summed E-state index contributed by atoms with van der Waals surface area (Å²) in [6.45, 7) is 4.04. The number of amides is 1. The monoisotopic (exact) mass is 346 g/mol. The predicted molar refractivity (Wildman–Crippen MR) is 89.5 cm³/mol. The van der Waals surface area contributed by atoms with Crippen molar-refractivity contribution in [2.45, 2.75) is 51.6 Å². The molecule has 1 saturated heterocycles. The largest absolute Gasteiger partial charge is 0.368 e. The smallest absolute Gasteiger partial charge is 0.246 e. The molecule has 0 aromatic heterocycles. The number of nitrogens with zero attached hydrogens (tertiary/aromatic N) is 1. The first-order chi connectivity index (χ1) is 10.9. The van der Waals surface area contributed by atoms with Gasteiger partial charge in [0, 0.05) is 19.6 Å². The minimum atomic E-state index is -3.08. The van der Waals surface area contributed by atoms with Gasteiger partial charge in [-0.1, -0.05) is 19.8 Å². The molecule has 1 saturated carbocycles. The fourth-order valence-corrected chi connectivity index (χ4v) is 4.34. The van der Waals surface area contributed by atoms with E-state index in [2.05, 4.69) is 12.2 Å². The van der Waals surface area contributed by atoms with Crippen LogP contribution in [-0.4, -0.2) is 57.2 Å². The average Bonchev–Trinajstić information content (AvgIpc) is 2.51. The van der Waals surface area contributed by atoms with Crippen LogP contribution in [-0.2, 0) is 19.6 Å². The zero-order valence-electron chi connectivity index (χ0n) is 14.3. The normalized spacial score (nSPS) is 27.7. The topological polar surface area (TPSA) is 75.7 Å². The van der Waals surface area contributed by atoms with E-state index < -0.39 is 10.0 Å². The molecule has 1 aliphatic carbocycles. The van der Waals surface area contributed by atoms with Gasteiger partial charge in [-0.25, -0.2) is 12.7 Å². The van der Waals surface area contributed by atoms with Crippen molar-refractivity contribution < 1.29 is 17.9 Å². The van der Waals surface area contributed by atoms with Crippen LogP contribution in [0.3, 0.4) is 0 Å². The zero-order chi connectivity index (χ0) is 16.9. The number of carbonyl (C=O) groups excluding carboxylic acids is 1. The third-order valence-corrected chi connectivity index (χ3v) is 6.39. The van der Waals surface area contributed by atoms with Crippen molar-refractivity contribution in [3.8, 4) is 0 Å². The molecule has 0 radical (unpaired) electrons. The third-order valence-electron chi connectivity index (χ3n) is 5.09. The van der Waals surface area contributed by atoms with Gasteiger partial charge in [-0.05, 0) is 37.5 Å². The summed E-state index contributed by atoms with van der Waals surface area (Å²) >= 11 is 0. The number of ether oxygens (including phenoxy) is 1. The number of hydrogen-bond acceptors (Lipinski definition) is 4. The van der Waals surface area contributed by atoms with Crippen LogP contribution in [0.4, 0.5) is 0 Å². The molecule has 0 unspecified atom stereocenters. The molecule has 1 N–H and O–H groups in total. The lowest BCUT2D eigenvalue weighted by Crippen LogP contribution is -2.42. The maximum atomic E-state index is 11.9. The molecular formula is C16H30N2O4S. The second-order valence-electron chi connectivity index (χ2n) is 7.02. The van der Waals surface area contributed by atoms with Crippen molar-refractivity contribution in [3.05, 3.63) is 0 Å². The van der Waals surface area contributed by atoms with Gasteiger partial charge in [0.1, 0.15) is 6.61 Å². The van der Waals surface area contributed by atoms with Crippen molar-refractivity contribution in [1.82, 2.24) is 9.62 Å². The van der Waals surface area contributed by atoms with Crippen LogP contribution in [0.5, 0.6) is 0 Å². The highest BCUT2D eigenvalue weighted by Crippen LogP contribution is 2.26. The molecule has 1 amide bonds. The summed E-state index contributed by atoms with van der Waals surface area (Å²) in [7, 11) is -3.08. The Labute approximate surface area is 140 Å². The third kappa shape index (κ3) is 6.04. The van der Waals surface area contributed by atoms with Gasteiger partial charge in [0.2, 0.25) is 15.9 Å². The lowest BCUT2D eigenvalue weighted by atomic mass is 9.88. The maximum absolute atomic E-state index is 11.9. The molecule has 2 atom stereocenters. The van der Waals surface area contributed by atoms with E-state index in [0.717, 1.165) is 19.3 Å². The van der Waals surface area contributed by atoms with Crippen LogP contribution in [0, 0.1) is 11.8 Å². The molecule has 1 heterocycles. The van der Waals surface area contributed by atoms with Gasteiger partial charge in [0.05, 0.1) is 12.4 Å². The molecule has 2 fully saturated rings. The summed E-state index contributed by atoms with van der Waals surface area (Å²) in [4.78, 5) is 11.9. The van der Waals surface area contributed by atoms with Gasteiger partial charge < -0.3 is 10.1 Å². The first-order valence-corrected chi connectivity index (χ1v) is 10.5. The molecule has 2 rings (SSSR count). The van der Waals surface area contributed by atoms with Crippen molar-refractivity contribution in [2.24, 2.45) is 11.8 Å². The van der Waals surface area contributed by atoms with E-state index in [9.17, 15) is 13.2 Å². The van der Waals surface area contributed by atoms with Crippen LogP contribution in [0.15, 0.2) is 0 Å². The van der Waals surface area contributed by atoms with E-state index in [1.54, 1.807) is 0 Å². The van der Waals surface area contributed by atoms with Crippen LogP contribution >= 0.6 is 0 Å². The molecule has 0 bridgehead atoms. The molecule has 23 heavy (non-hydrogen) atoms. The molecular weight excluding hydrogens is 316 g/mol. The Bertz CT molecular complexity index is 486. The summed E-state index contributed by atoms with van der Waals surface area (Å²) in [6.07, 6.45) is 7.76. The Kier molecular flexibility index (Phi) is 6.85. The molecule has 6 nitrogen and oxygen atoms in total. The second-order valence-corrected chi connectivity index (χ2v) is 9.00. The number of nitrogens with one attached hydrogen (secondary N) is 1. The lowest BCUT2D eigenvalue weighted by molar-refractivity contribution is -0.129. The van der Waals surface area contributed by atoms with E-state index in [0.29, 0.717) is 31.5 Å². The number of carbonyl (C=O) groups is 1. The fraction of sp³-hybridized carbons (Fsp3) is 0.938. The first-order valence-electron chi connectivity index (χ1n) is 8.69. The van der Waals surface area contributed by atoms with Crippen LogP contribution < -0.4 is 5.32 Å². The predicted octanol–water partition coefficient (Wildman–Crippen LogP) is 1.37. The van der Waals surface area contributed by atoms with E-state index in [-0.39, 0.29) is 18.6 Å². The highest BCUT2D eigenvalue weighted by Gasteiger charge is 2.25. The van der Waals surface area contributed by atoms with Crippen molar-refractivity contribution in [3.63, 3.8) is 0 Å². The summed E-state index contributed by atoms with van der Waals surface area (Å²) in [6, 6.07) is 0. The number of sulfonamides is 1. The van der Waals surface area contributed by atoms with Gasteiger partial charge in [-0.15, -0.1) is 0 Å². The van der Waals surface area contributed by atoms with Crippen molar-refractivity contribution >= 4 is 15.9 Å². The van der Waals surface area contributed by atoms with Gasteiger partial charge in [-0.3, -0.25) is 4.79 Å². The van der Waals surface area contributed by atoms with Crippen LogP contribution in [0.1, 0.15) is 45.4 Å². The van der Waals surface area contributed by atoms with Crippen LogP contribution in [0.2, 0.25) is 0 Å². The maximum Gasteiger partial charge on any atom is 0.246 e. The Hall–Kier alpha value is -0.660. The highest BCUT2D eigenvalue weighted by molar-refractivity contribution is 7.88. The van der Waals surface area contributed by atoms with Crippen molar-refractivity contribution in [1.29, 1.82) is 0 Å². The van der Waals surface area contributed by atoms with Crippen LogP contribution in [0.25, 0.3) is 0 Å². The van der Waals surface area contributed by atoms with E-state index in [1.165, 1.54) is 29.8 Å². The highest BCUT2D eigenvalue weighted by atomic mass is 32.2. The molecule has 0 aromatic carbocycles. The lowest BCUT2D eigenvalue weighted by Gasteiger charge is -2.30. The summed E-state index contributed by atoms with van der Waals surface area (Å²) in [5.74, 6) is 0.829. The minimum absolute atomic E-state index is 0.0617. The molecule has 1 aliphatic heterocycles. The van der Waals surface area contributed by atoms with Gasteiger partial charge >= 0.3 is 0 Å². The molecule has 2 aliphatic rings. The van der Waals surface area contributed by atoms with Gasteiger partial charge in [0.15, 0.2) is 0 Å². The van der Waals surface area contributed by atoms with E-state index in [4.69, 9.17) is 4.74 Å². The average molecular weight is 346 g/mol. The summed E-state index contributed by atoms with van der Waals surface area (Å²) < 4.78 is 30.2. The minimum Gasteiger partial charge on any atom is -0.368 e. The van der Waals surface area contributed by atoms with Crippen molar-refractivity contribution in [2.75, 3.05) is 32.5 Å². The molecule has 0 spiro atoms. The second kappa shape index (κ2) is 8.44. The fourth-order valence-electron chi connectivity index (χ4n) is 3.47. The first kappa shape index (κ1) is 18.7. The molecule has 0 aromatic rings. The van der Waals surface area contributed by atoms with Gasteiger partial charge in [0.25, 0.3) is 0 Å². The van der Waals surface area contributed by atoms with E-state index in [1.807, 2.05) is 0 Å². The Morgan fingerprint density at radius 1 is 1.17 bits per heavy atom. The Morgan fingerprint density at radius 3 is 2.43 bits per heavy atom. The van der Waals surface area contributed by atoms with Gasteiger partial charge in [-0.2, -0.15) is 0 Å². The van der Waals surface area contributed by atoms with E-state index >= 15 is 0 Å². The quantitative estimate of drug-likeness (QED) is 0.788.